The molecule has 0 saturated carbocycles. The van der Waals surface area contributed by atoms with Gasteiger partial charge in [0.05, 0.1) is 17.1 Å². The maximum Gasteiger partial charge on any atom is 0.334 e. The first-order valence-corrected chi connectivity index (χ1v) is 9.93. The van der Waals surface area contributed by atoms with Crippen molar-refractivity contribution in [2.75, 3.05) is 0 Å². The number of carboxylic acid groups (broad SMARTS) is 2. The van der Waals surface area contributed by atoms with Crippen LogP contribution in [-0.2, 0) is 16.2 Å². The van der Waals surface area contributed by atoms with Crippen LogP contribution in [0.4, 0.5) is 0 Å². The number of hydrogen-bond donors (Lipinski definition) is 3. The molecule has 0 amide bonds. The SMILES string of the molecule is CCC1=C(C(=O)O)C(c2ccccc2OCc2ccccc2)C(C(=O)O)=C(CC)N1. The number of aliphatic carboxylic acids is 2. The van der Waals surface area contributed by atoms with Gasteiger partial charge in [-0.1, -0.05) is 62.4 Å². The van der Waals surface area contributed by atoms with Crippen LogP contribution in [0.5, 0.6) is 5.75 Å². The summed E-state index contributed by atoms with van der Waals surface area (Å²) < 4.78 is 6.02. The molecule has 2 aromatic carbocycles. The minimum absolute atomic E-state index is 0.0443. The molecule has 2 aromatic rings. The molecule has 1 heterocycles. The Balaban J connectivity index is 2.13. The van der Waals surface area contributed by atoms with E-state index in [0.717, 1.165) is 5.56 Å². The molecule has 0 aromatic heterocycles. The van der Waals surface area contributed by atoms with Gasteiger partial charge in [-0.15, -0.1) is 0 Å². The van der Waals surface area contributed by atoms with Crippen molar-refractivity contribution in [3.63, 3.8) is 0 Å². The van der Waals surface area contributed by atoms with E-state index < -0.39 is 17.9 Å². The zero-order chi connectivity index (χ0) is 21.7. The van der Waals surface area contributed by atoms with Gasteiger partial charge < -0.3 is 20.3 Å². The van der Waals surface area contributed by atoms with Crippen LogP contribution in [0.15, 0.2) is 77.1 Å². The normalized spacial score (nSPS) is 14.5. The molecular formula is C24H25NO5. The predicted octanol–water partition coefficient (Wildman–Crippen LogP) is 4.45. The van der Waals surface area contributed by atoms with Gasteiger partial charge in [0.15, 0.2) is 0 Å². The maximum atomic E-state index is 12.2. The van der Waals surface area contributed by atoms with E-state index in [2.05, 4.69) is 5.32 Å². The molecule has 0 bridgehead atoms. The standard InChI is InChI=1S/C24H25NO5/c1-3-17-21(23(26)27)20(22(24(28)29)18(4-2)25-17)16-12-8-9-13-19(16)30-14-15-10-6-5-7-11-15/h5-13,20,25H,3-4,14H2,1-2H3,(H,26,27)(H,28,29). The Morgan fingerprint density at radius 1 is 0.867 bits per heavy atom. The van der Waals surface area contributed by atoms with Gasteiger partial charge in [0.25, 0.3) is 0 Å². The average molecular weight is 407 g/mol. The lowest BCUT2D eigenvalue weighted by atomic mass is 9.79. The van der Waals surface area contributed by atoms with Crippen LogP contribution >= 0.6 is 0 Å². The lowest BCUT2D eigenvalue weighted by molar-refractivity contribution is -0.133. The van der Waals surface area contributed by atoms with Crippen LogP contribution in [0.2, 0.25) is 0 Å². The molecule has 0 unspecified atom stereocenters. The molecule has 0 radical (unpaired) electrons. The molecule has 1 aliphatic rings. The highest BCUT2D eigenvalue weighted by Crippen LogP contribution is 2.43. The van der Waals surface area contributed by atoms with Crippen LogP contribution in [0.1, 0.15) is 43.7 Å². The van der Waals surface area contributed by atoms with Crippen LogP contribution in [-0.4, -0.2) is 22.2 Å². The summed E-state index contributed by atoms with van der Waals surface area (Å²) in [6.45, 7) is 3.99. The first kappa shape index (κ1) is 21.2. The smallest absolute Gasteiger partial charge is 0.334 e. The molecule has 30 heavy (non-hydrogen) atoms. The van der Waals surface area contributed by atoms with Crippen molar-refractivity contribution in [3.8, 4) is 5.75 Å². The summed E-state index contributed by atoms with van der Waals surface area (Å²) in [5.41, 5.74) is 2.62. The Hall–Kier alpha value is -3.54. The Morgan fingerprint density at radius 2 is 1.40 bits per heavy atom. The molecule has 1 aliphatic heterocycles. The monoisotopic (exact) mass is 407 g/mol. The Labute approximate surface area is 175 Å². The van der Waals surface area contributed by atoms with Gasteiger partial charge in [0, 0.05) is 17.0 Å². The molecule has 156 valence electrons. The number of para-hydroxylation sites is 1. The number of allylic oxidation sites excluding steroid dienone is 2. The van der Waals surface area contributed by atoms with E-state index in [1.807, 2.05) is 44.2 Å². The minimum atomic E-state index is -1.14. The molecule has 0 aliphatic carbocycles. The van der Waals surface area contributed by atoms with Crippen molar-refractivity contribution in [1.82, 2.24) is 5.32 Å². The number of hydrogen-bond acceptors (Lipinski definition) is 4. The second-order valence-electron chi connectivity index (χ2n) is 6.97. The van der Waals surface area contributed by atoms with E-state index in [9.17, 15) is 19.8 Å². The van der Waals surface area contributed by atoms with E-state index in [1.165, 1.54) is 0 Å². The molecule has 0 atom stereocenters. The van der Waals surface area contributed by atoms with Gasteiger partial charge in [-0.3, -0.25) is 0 Å². The number of dihydropyridines is 1. The minimum Gasteiger partial charge on any atom is -0.489 e. The highest BCUT2D eigenvalue weighted by molar-refractivity contribution is 5.98. The highest BCUT2D eigenvalue weighted by Gasteiger charge is 2.39. The number of carbonyl (C=O) groups is 2. The predicted molar refractivity (Wildman–Crippen MR) is 113 cm³/mol. The van der Waals surface area contributed by atoms with E-state index in [0.29, 0.717) is 42.2 Å². The number of rotatable bonds is 8. The van der Waals surface area contributed by atoms with Gasteiger partial charge in [-0.2, -0.15) is 0 Å². The number of benzene rings is 2. The molecule has 6 nitrogen and oxygen atoms in total. The topological polar surface area (TPSA) is 95.9 Å². The van der Waals surface area contributed by atoms with Crippen molar-refractivity contribution < 1.29 is 24.5 Å². The summed E-state index contributed by atoms with van der Waals surface area (Å²) in [6, 6.07) is 16.6. The third-order valence-electron chi connectivity index (χ3n) is 5.16. The second kappa shape index (κ2) is 9.31. The summed E-state index contributed by atoms with van der Waals surface area (Å²) >= 11 is 0. The summed E-state index contributed by atoms with van der Waals surface area (Å²) in [5, 5.41) is 23.0. The third-order valence-corrected chi connectivity index (χ3v) is 5.16. The molecule has 0 saturated heterocycles. The van der Waals surface area contributed by atoms with Crippen LogP contribution in [0.25, 0.3) is 0 Å². The average Bonchev–Trinajstić information content (AvgIpc) is 2.76. The highest BCUT2D eigenvalue weighted by atomic mass is 16.5. The van der Waals surface area contributed by atoms with Gasteiger partial charge in [-0.25, -0.2) is 9.59 Å². The molecular weight excluding hydrogens is 382 g/mol. The summed E-state index contributed by atoms with van der Waals surface area (Å²) in [7, 11) is 0. The molecule has 6 heteroatoms. The van der Waals surface area contributed by atoms with Gasteiger partial charge in [-0.05, 0) is 24.5 Å². The zero-order valence-electron chi connectivity index (χ0n) is 17.0. The summed E-state index contributed by atoms with van der Waals surface area (Å²) in [5.74, 6) is -2.75. The van der Waals surface area contributed by atoms with Crippen molar-refractivity contribution in [3.05, 3.63) is 88.3 Å². The number of ether oxygens (including phenoxy) is 1. The summed E-state index contributed by atoms with van der Waals surface area (Å²) in [4.78, 5) is 24.4. The molecule has 3 rings (SSSR count). The first-order valence-electron chi connectivity index (χ1n) is 9.93. The van der Waals surface area contributed by atoms with Gasteiger partial charge >= 0.3 is 11.9 Å². The fraction of sp³-hybridized carbons (Fsp3) is 0.250. The largest absolute Gasteiger partial charge is 0.489 e. The van der Waals surface area contributed by atoms with E-state index in [-0.39, 0.29) is 11.1 Å². The summed E-state index contributed by atoms with van der Waals surface area (Å²) in [6.07, 6.45) is 0.892. The Morgan fingerprint density at radius 3 is 1.93 bits per heavy atom. The van der Waals surface area contributed by atoms with Gasteiger partial charge in [0.1, 0.15) is 12.4 Å². The lowest BCUT2D eigenvalue weighted by Gasteiger charge is -2.31. The Kier molecular flexibility index (Phi) is 6.57. The van der Waals surface area contributed by atoms with E-state index in [1.54, 1.807) is 24.3 Å². The maximum absolute atomic E-state index is 12.2. The first-order chi connectivity index (χ1) is 14.5. The number of nitrogens with one attached hydrogen (secondary N) is 1. The molecule has 3 N–H and O–H groups in total. The van der Waals surface area contributed by atoms with E-state index >= 15 is 0 Å². The van der Waals surface area contributed by atoms with Crippen LogP contribution in [0, 0.1) is 0 Å². The lowest BCUT2D eigenvalue weighted by Crippen LogP contribution is -2.32. The van der Waals surface area contributed by atoms with Crippen molar-refractivity contribution in [2.45, 2.75) is 39.2 Å². The van der Waals surface area contributed by atoms with E-state index in [4.69, 9.17) is 4.74 Å². The molecule has 0 fully saturated rings. The number of carboxylic acids is 2. The fourth-order valence-electron chi connectivity index (χ4n) is 3.77. The van der Waals surface area contributed by atoms with Crippen molar-refractivity contribution in [1.29, 1.82) is 0 Å². The second-order valence-corrected chi connectivity index (χ2v) is 6.97. The van der Waals surface area contributed by atoms with Crippen LogP contribution < -0.4 is 10.1 Å². The van der Waals surface area contributed by atoms with Gasteiger partial charge in [0.2, 0.25) is 0 Å². The molecule has 0 spiro atoms. The fourth-order valence-corrected chi connectivity index (χ4v) is 3.77. The third kappa shape index (κ3) is 4.22. The quantitative estimate of drug-likeness (QED) is 0.598. The Bertz CT molecular complexity index is 969. The zero-order valence-corrected chi connectivity index (χ0v) is 17.0. The van der Waals surface area contributed by atoms with Crippen LogP contribution in [0.3, 0.4) is 0 Å². The van der Waals surface area contributed by atoms with Crippen molar-refractivity contribution in [2.24, 2.45) is 0 Å². The van der Waals surface area contributed by atoms with Crippen molar-refractivity contribution >= 4 is 11.9 Å².